The molecule has 1 heterocycles. The smallest absolute Gasteiger partial charge is 0.245 e. The van der Waals surface area contributed by atoms with Crippen LogP contribution in [0.1, 0.15) is 5.56 Å². The first-order valence-corrected chi connectivity index (χ1v) is 13.4. The molecule has 0 spiro atoms. The van der Waals surface area contributed by atoms with E-state index in [1.54, 1.807) is 19.1 Å². The number of morpholine rings is 1. The number of rotatable bonds is 7. The summed E-state index contributed by atoms with van der Waals surface area (Å²) in [4.78, 5) is 12.6. The fraction of sp³-hybridized carbons (Fsp3) is 0.350. The number of carbonyl (C=O) groups excluding carboxylic acids is 1. The SMILES string of the molecule is Cc1ccc(N(CC(=O)Nc2ccc(S(=O)(=O)N3CCOCC3)cc2)S(C)(=O)=O)cc1Cl. The lowest BCUT2D eigenvalue weighted by Gasteiger charge is -2.26. The molecular weight excluding hydrogens is 478 g/mol. The lowest BCUT2D eigenvalue weighted by Crippen LogP contribution is -2.40. The third-order valence-corrected chi connectivity index (χ3v) is 8.34. The Kier molecular flexibility index (Phi) is 7.46. The molecule has 0 radical (unpaired) electrons. The zero-order chi connectivity index (χ0) is 23.5. The summed E-state index contributed by atoms with van der Waals surface area (Å²) >= 11 is 6.10. The summed E-state index contributed by atoms with van der Waals surface area (Å²) in [7, 11) is -7.40. The van der Waals surface area contributed by atoms with Crippen LogP contribution in [0.15, 0.2) is 47.4 Å². The standard InChI is InChI=1S/C20H24ClN3O6S2/c1-15-3-6-17(13-19(15)21)24(31(2,26)27)14-20(25)22-16-4-7-18(8-5-16)32(28,29)23-9-11-30-12-10-23/h3-8,13H,9-12,14H2,1-2H3,(H,22,25). The molecule has 1 aliphatic rings. The third-order valence-electron chi connectivity index (χ3n) is 4.88. The monoisotopic (exact) mass is 501 g/mol. The number of ether oxygens (including phenoxy) is 1. The number of hydrogen-bond donors (Lipinski definition) is 1. The summed E-state index contributed by atoms with van der Waals surface area (Å²) in [6.45, 7) is 2.57. The maximum absolute atomic E-state index is 12.7. The van der Waals surface area contributed by atoms with Crippen LogP contribution in [-0.4, -0.2) is 66.2 Å². The van der Waals surface area contributed by atoms with Gasteiger partial charge in [0.15, 0.2) is 0 Å². The van der Waals surface area contributed by atoms with Crippen molar-refractivity contribution < 1.29 is 26.4 Å². The molecule has 0 bridgehead atoms. The first kappa shape index (κ1) is 24.5. The van der Waals surface area contributed by atoms with Gasteiger partial charge in [0.05, 0.1) is 30.1 Å². The molecule has 1 N–H and O–H groups in total. The van der Waals surface area contributed by atoms with Crippen molar-refractivity contribution >= 4 is 48.9 Å². The number of nitrogens with one attached hydrogen (secondary N) is 1. The van der Waals surface area contributed by atoms with Gasteiger partial charge in [-0.1, -0.05) is 17.7 Å². The zero-order valence-electron chi connectivity index (χ0n) is 17.6. The molecule has 1 fully saturated rings. The number of anilines is 2. The van der Waals surface area contributed by atoms with E-state index in [2.05, 4.69) is 5.32 Å². The van der Waals surface area contributed by atoms with E-state index in [4.69, 9.17) is 16.3 Å². The van der Waals surface area contributed by atoms with Crippen LogP contribution in [0.5, 0.6) is 0 Å². The Bertz CT molecular complexity index is 1190. The predicted octanol–water partition coefficient (Wildman–Crippen LogP) is 2.07. The van der Waals surface area contributed by atoms with Crippen LogP contribution in [0.4, 0.5) is 11.4 Å². The summed E-state index contributed by atoms with van der Waals surface area (Å²) in [5, 5.41) is 2.97. The van der Waals surface area contributed by atoms with Crippen LogP contribution < -0.4 is 9.62 Å². The van der Waals surface area contributed by atoms with Crippen LogP contribution in [0.25, 0.3) is 0 Å². The summed E-state index contributed by atoms with van der Waals surface area (Å²) in [5.74, 6) is -0.587. The molecule has 174 valence electrons. The van der Waals surface area contributed by atoms with Crippen molar-refractivity contribution in [2.75, 3.05) is 48.7 Å². The van der Waals surface area contributed by atoms with Crippen LogP contribution in [0.3, 0.4) is 0 Å². The minimum atomic E-state index is -3.75. The molecule has 1 aliphatic heterocycles. The first-order chi connectivity index (χ1) is 15.0. The van der Waals surface area contributed by atoms with Crippen molar-refractivity contribution in [2.45, 2.75) is 11.8 Å². The highest BCUT2D eigenvalue weighted by Gasteiger charge is 2.26. The minimum Gasteiger partial charge on any atom is -0.379 e. The number of sulfonamides is 2. The largest absolute Gasteiger partial charge is 0.379 e. The number of carbonyl (C=O) groups is 1. The molecule has 0 unspecified atom stereocenters. The Morgan fingerprint density at radius 3 is 2.28 bits per heavy atom. The van der Waals surface area contributed by atoms with Crippen molar-refractivity contribution in [3.05, 3.63) is 53.1 Å². The van der Waals surface area contributed by atoms with Gasteiger partial charge in [0.2, 0.25) is 26.0 Å². The Morgan fingerprint density at radius 1 is 1.09 bits per heavy atom. The topological polar surface area (TPSA) is 113 Å². The molecule has 2 aromatic rings. The number of aryl methyl sites for hydroxylation is 1. The first-order valence-electron chi connectivity index (χ1n) is 9.70. The van der Waals surface area contributed by atoms with Crippen LogP contribution in [-0.2, 0) is 29.6 Å². The van der Waals surface area contributed by atoms with Gasteiger partial charge < -0.3 is 10.1 Å². The van der Waals surface area contributed by atoms with E-state index in [1.165, 1.54) is 34.6 Å². The molecule has 0 atom stereocenters. The van der Waals surface area contributed by atoms with E-state index in [0.29, 0.717) is 23.9 Å². The Balaban J connectivity index is 1.72. The summed E-state index contributed by atoms with van der Waals surface area (Å²) in [6, 6.07) is 10.4. The van der Waals surface area contributed by atoms with Gasteiger partial charge in [0, 0.05) is 23.8 Å². The highest BCUT2D eigenvalue weighted by atomic mass is 35.5. The second-order valence-corrected chi connectivity index (χ2v) is 11.5. The Morgan fingerprint density at radius 2 is 1.72 bits per heavy atom. The van der Waals surface area contributed by atoms with Crippen molar-refractivity contribution in [1.82, 2.24) is 4.31 Å². The van der Waals surface area contributed by atoms with Crippen molar-refractivity contribution in [2.24, 2.45) is 0 Å². The lowest BCUT2D eigenvalue weighted by molar-refractivity contribution is -0.114. The summed E-state index contributed by atoms with van der Waals surface area (Å²) in [5.41, 5.74) is 1.39. The van der Waals surface area contributed by atoms with E-state index < -0.39 is 32.5 Å². The molecule has 9 nitrogen and oxygen atoms in total. The number of benzene rings is 2. The molecule has 3 rings (SSSR count). The number of hydrogen-bond acceptors (Lipinski definition) is 6. The fourth-order valence-electron chi connectivity index (χ4n) is 3.11. The highest BCUT2D eigenvalue weighted by Crippen LogP contribution is 2.25. The lowest BCUT2D eigenvalue weighted by atomic mass is 10.2. The molecular formula is C20H24ClN3O6S2. The van der Waals surface area contributed by atoms with Gasteiger partial charge in [-0.3, -0.25) is 9.10 Å². The maximum atomic E-state index is 12.7. The van der Waals surface area contributed by atoms with Gasteiger partial charge in [-0.25, -0.2) is 16.8 Å². The van der Waals surface area contributed by atoms with Crippen LogP contribution >= 0.6 is 11.6 Å². The second-order valence-electron chi connectivity index (χ2n) is 7.29. The van der Waals surface area contributed by atoms with Crippen molar-refractivity contribution in [3.63, 3.8) is 0 Å². The number of halogens is 1. The van der Waals surface area contributed by atoms with Crippen LogP contribution in [0.2, 0.25) is 5.02 Å². The van der Waals surface area contributed by atoms with E-state index in [-0.39, 0.29) is 23.7 Å². The summed E-state index contributed by atoms with van der Waals surface area (Å²) < 4.78 is 57.3. The Hall–Kier alpha value is -2.18. The molecule has 0 aromatic heterocycles. The molecule has 0 saturated carbocycles. The van der Waals surface area contributed by atoms with Crippen molar-refractivity contribution in [1.29, 1.82) is 0 Å². The Labute approximate surface area is 193 Å². The normalized spacial score (nSPS) is 15.3. The number of nitrogens with zero attached hydrogens (tertiary/aromatic N) is 2. The van der Waals surface area contributed by atoms with Gasteiger partial charge in [-0.2, -0.15) is 4.31 Å². The fourth-order valence-corrected chi connectivity index (χ4v) is 5.55. The van der Waals surface area contributed by atoms with Gasteiger partial charge in [-0.15, -0.1) is 0 Å². The maximum Gasteiger partial charge on any atom is 0.245 e. The van der Waals surface area contributed by atoms with E-state index in [9.17, 15) is 21.6 Å². The average molecular weight is 502 g/mol. The molecule has 1 saturated heterocycles. The highest BCUT2D eigenvalue weighted by molar-refractivity contribution is 7.92. The van der Waals surface area contributed by atoms with Gasteiger partial charge in [-0.05, 0) is 48.9 Å². The zero-order valence-corrected chi connectivity index (χ0v) is 20.0. The molecule has 12 heteroatoms. The predicted molar refractivity (Wildman–Crippen MR) is 123 cm³/mol. The molecule has 2 aromatic carbocycles. The third kappa shape index (κ3) is 5.78. The van der Waals surface area contributed by atoms with E-state index in [0.717, 1.165) is 16.1 Å². The molecule has 32 heavy (non-hydrogen) atoms. The molecule has 0 aliphatic carbocycles. The van der Waals surface area contributed by atoms with Gasteiger partial charge >= 0.3 is 0 Å². The molecule has 1 amide bonds. The minimum absolute atomic E-state index is 0.101. The number of amides is 1. The van der Waals surface area contributed by atoms with Crippen molar-refractivity contribution in [3.8, 4) is 0 Å². The quantitative estimate of drug-likeness (QED) is 0.621. The summed E-state index contributed by atoms with van der Waals surface area (Å²) in [6.07, 6.45) is 0.999. The average Bonchev–Trinajstić information content (AvgIpc) is 2.74. The second kappa shape index (κ2) is 9.75. The van der Waals surface area contributed by atoms with Crippen LogP contribution in [0, 0.1) is 6.92 Å². The van der Waals surface area contributed by atoms with E-state index in [1.807, 2.05) is 0 Å². The van der Waals surface area contributed by atoms with Gasteiger partial charge in [0.1, 0.15) is 6.54 Å². The van der Waals surface area contributed by atoms with Gasteiger partial charge in [0.25, 0.3) is 0 Å². The van der Waals surface area contributed by atoms with E-state index >= 15 is 0 Å².